The smallest absolute Gasteiger partial charge is 0.376 e. The number of carbonyl (C=O) groups excluding carboxylic acids is 1. The summed E-state index contributed by atoms with van der Waals surface area (Å²) in [5.41, 5.74) is 3.14. The minimum absolute atomic E-state index is 0.0271. The van der Waals surface area contributed by atoms with Crippen LogP contribution in [0.4, 0.5) is 8.78 Å². The molecule has 0 bridgehead atoms. The molecule has 1 saturated heterocycles. The van der Waals surface area contributed by atoms with Crippen molar-refractivity contribution >= 4 is 27.7 Å². The van der Waals surface area contributed by atoms with Crippen LogP contribution in [0.1, 0.15) is 130 Å². The van der Waals surface area contributed by atoms with Crippen molar-refractivity contribution in [3.63, 3.8) is 0 Å². The predicted molar refractivity (Wildman–Crippen MR) is 264 cm³/mol. The van der Waals surface area contributed by atoms with Crippen LogP contribution in [0, 0.1) is 31.4 Å². The van der Waals surface area contributed by atoms with Crippen LogP contribution in [0.25, 0.3) is 39.0 Å². The maximum Gasteiger partial charge on any atom is 0.438 e. The number of aryl methyl sites for hydroxylation is 3. The van der Waals surface area contributed by atoms with E-state index in [1.165, 1.54) is 21.5 Å². The van der Waals surface area contributed by atoms with Gasteiger partial charge in [-0.1, -0.05) is 18.1 Å². The summed E-state index contributed by atoms with van der Waals surface area (Å²) in [4.78, 5) is 48.6. The van der Waals surface area contributed by atoms with Gasteiger partial charge in [-0.3, -0.25) is 28.1 Å². The molecule has 2 aliphatic carbocycles. The third kappa shape index (κ3) is 6.87. The van der Waals surface area contributed by atoms with Gasteiger partial charge >= 0.3 is 11.4 Å². The summed E-state index contributed by atoms with van der Waals surface area (Å²) in [6, 6.07) is 14.3. The third-order valence-electron chi connectivity index (χ3n) is 16.2. The quantitative estimate of drug-likeness (QED) is 0.149. The standard InChI is InChI=1S/C54H58F2N10O6/c1-28(2)71-37-24-53(25-37)27-64(48(67)42-21-35-20-33(34-14-17-70-52(7,8)23-34)10-11-39(35)65(42)54(22-31(54)5)49-58-50(68)72-60-49)32(6)43-46(53)59-66(36-18-29(3)44(55)30(4)19-36)47(43)63-16-15-62(51(63)69)41-13-12-40-38(45(41)56)26-57-61(40)9/h10-13,15-16,18-21,26,28,31-32,34,37H,14,17,22-25,27H2,1-9H3,(H,58,60,68)/t31-,32-,34-,37?,53?,54-/m0/s1. The van der Waals surface area contributed by atoms with Crippen molar-refractivity contribution in [2.24, 2.45) is 13.0 Å². The van der Waals surface area contributed by atoms with Gasteiger partial charge in [0, 0.05) is 54.5 Å². The second-order valence-corrected chi connectivity index (χ2v) is 21.9. The maximum atomic E-state index is 16.4. The van der Waals surface area contributed by atoms with E-state index in [4.69, 9.17) is 19.1 Å². The molecule has 12 rings (SSSR count). The number of aromatic amines is 1. The van der Waals surface area contributed by atoms with Gasteiger partial charge in [-0.2, -0.15) is 10.2 Å². The Morgan fingerprint density at radius 2 is 1.65 bits per heavy atom. The lowest BCUT2D eigenvalue weighted by Gasteiger charge is -2.53. The minimum atomic E-state index is -0.895. The number of hydrogen-bond acceptors (Lipinski definition) is 9. The number of fused-ring (bicyclic) bond motifs is 4. The number of carbonyl (C=O) groups is 1. The zero-order valence-electron chi connectivity index (χ0n) is 41.9. The summed E-state index contributed by atoms with van der Waals surface area (Å²) < 4.78 is 57.5. The Balaban J connectivity index is 1.06. The molecule has 72 heavy (non-hydrogen) atoms. The summed E-state index contributed by atoms with van der Waals surface area (Å²) >= 11 is 0. The molecule has 8 aromatic rings. The van der Waals surface area contributed by atoms with E-state index in [1.807, 2.05) is 36.3 Å². The van der Waals surface area contributed by atoms with Crippen LogP contribution < -0.4 is 11.4 Å². The Labute approximate surface area is 413 Å². The lowest BCUT2D eigenvalue weighted by Crippen LogP contribution is -2.58. The molecule has 1 amide bonds. The molecule has 1 N–H and O–H groups in total. The number of ether oxygens (including phenoxy) is 2. The molecule has 4 atom stereocenters. The van der Waals surface area contributed by atoms with Gasteiger partial charge in [-0.05, 0) is 152 Å². The highest BCUT2D eigenvalue weighted by Crippen LogP contribution is 2.57. The largest absolute Gasteiger partial charge is 0.438 e. The van der Waals surface area contributed by atoms with Gasteiger partial charge in [0.25, 0.3) is 5.91 Å². The van der Waals surface area contributed by atoms with Crippen molar-refractivity contribution in [2.45, 2.75) is 128 Å². The fourth-order valence-electron chi connectivity index (χ4n) is 12.6. The first-order valence-corrected chi connectivity index (χ1v) is 24.9. The first-order valence-electron chi connectivity index (χ1n) is 24.9. The van der Waals surface area contributed by atoms with Crippen LogP contribution in [0.2, 0.25) is 0 Å². The SMILES string of the molecule is Cc1cc(-n2nc3c(c2-n2ccn(-c4ccc5c(cnn5C)c4F)c2=O)[C@H](C)N(C(=O)c2cc4cc([C@H]5CCOC(C)(C)C5)ccc4n2[C@@]2(c4noc(=O)[nH]4)C[C@@H]2C)CC32CC(OC(C)C)C2)cc(C)c1F. The van der Waals surface area contributed by atoms with Crippen LogP contribution in [0.15, 0.2) is 81.2 Å². The number of hydrogen-bond donors (Lipinski definition) is 1. The number of amides is 1. The van der Waals surface area contributed by atoms with Gasteiger partial charge in [-0.15, -0.1) is 0 Å². The number of halogens is 2. The van der Waals surface area contributed by atoms with Crippen molar-refractivity contribution < 1.29 is 27.6 Å². The molecule has 4 aliphatic rings. The summed E-state index contributed by atoms with van der Waals surface area (Å²) in [5, 5.41) is 15.0. The molecule has 16 nitrogen and oxygen atoms in total. The van der Waals surface area contributed by atoms with Crippen LogP contribution >= 0.6 is 0 Å². The number of rotatable bonds is 9. The normalized spacial score (nSPS) is 24.7. The van der Waals surface area contributed by atoms with Crippen LogP contribution in [0.3, 0.4) is 0 Å². The molecule has 0 radical (unpaired) electrons. The molecular weight excluding hydrogens is 923 g/mol. The molecule has 0 unspecified atom stereocenters. The van der Waals surface area contributed by atoms with E-state index < -0.39 is 34.3 Å². The van der Waals surface area contributed by atoms with Crippen molar-refractivity contribution in [2.75, 3.05) is 13.2 Å². The van der Waals surface area contributed by atoms with Crippen molar-refractivity contribution in [1.82, 2.24) is 48.3 Å². The number of H-pyrrole nitrogens is 1. The zero-order valence-corrected chi connectivity index (χ0v) is 41.9. The first-order chi connectivity index (χ1) is 34.3. The predicted octanol–water partition coefficient (Wildman–Crippen LogP) is 8.72. The molecule has 18 heteroatoms. The molecule has 2 saturated carbocycles. The molecule has 3 fully saturated rings. The van der Waals surface area contributed by atoms with Crippen molar-refractivity contribution in [3.05, 3.63) is 139 Å². The maximum absolute atomic E-state index is 16.4. The van der Waals surface area contributed by atoms with E-state index in [-0.39, 0.29) is 59.0 Å². The first kappa shape index (κ1) is 46.2. The Bertz CT molecular complexity index is 3630. The van der Waals surface area contributed by atoms with E-state index in [0.717, 1.165) is 29.3 Å². The highest BCUT2D eigenvalue weighted by atomic mass is 19.1. The fourth-order valence-corrected chi connectivity index (χ4v) is 12.6. The average Bonchev–Trinajstić information content (AvgIpc) is 3.96. The fraction of sp³-hybridized carbons (Fsp3) is 0.444. The Morgan fingerprint density at radius 3 is 2.33 bits per heavy atom. The molecule has 5 aromatic heterocycles. The third-order valence-corrected chi connectivity index (χ3v) is 16.2. The van der Waals surface area contributed by atoms with Gasteiger partial charge in [-0.25, -0.2) is 23.1 Å². The number of benzene rings is 3. The Hall–Kier alpha value is -6.92. The van der Waals surface area contributed by atoms with E-state index in [1.54, 1.807) is 60.7 Å². The molecular formula is C54H58F2N10O6. The second kappa shape index (κ2) is 16.0. The summed E-state index contributed by atoms with van der Waals surface area (Å²) in [7, 11) is 1.72. The molecule has 374 valence electrons. The monoisotopic (exact) mass is 980 g/mol. The summed E-state index contributed by atoms with van der Waals surface area (Å²) in [6.07, 6.45) is 7.73. The number of aromatic nitrogens is 9. The minimum Gasteiger partial charge on any atom is -0.376 e. The average molecular weight is 981 g/mol. The molecule has 3 aromatic carbocycles. The van der Waals surface area contributed by atoms with Crippen molar-refractivity contribution in [3.8, 4) is 17.2 Å². The second-order valence-electron chi connectivity index (χ2n) is 21.9. The Kier molecular flexibility index (Phi) is 10.3. The lowest BCUT2D eigenvalue weighted by molar-refractivity contribution is -0.0875. The zero-order chi connectivity index (χ0) is 50.5. The van der Waals surface area contributed by atoms with Gasteiger partial charge < -0.3 is 18.9 Å². The van der Waals surface area contributed by atoms with Gasteiger partial charge in [0.15, 0.2) is 11.6 Å². The summed E-state index contributed by atoms with van der Waals surface area (Å²) in [6.45, 7) is 16.5. The number of imidazole rings is 1. The summed E-state index contributed by atoms with van der Waals surface area (Å²) in [5.74, 6) is -0.995. The van der Waals surface area contributed by atoms with Crippen LogP contribution in [0.5, 0.6) is 0 Å². The highest BCUT2D eigenvalue weighted by Gasteiger charge is 2.60. The van der Waals surface area contributed by atoms with Crippen LogP contribution in [-0.2, 0) is 27.5 Å². The number of nitrogens with one attached hydrogen (secondary N) is 1. The molecule has 7 heterocycles. The number of nitrogens with zero attached hydrogens (tertiary/aromatic N) is 9. The molecule has 2 aliphatic heterocycles. The van der Waals surface area contributed by atoms with Gasteiger partial charge in [0.1, 0.15) is 22.9 Å². The van der Waals surface area contributed by atoms with Gasteiger partial charge in [0.2, 0.25) is 0 Å². The van der Waals surface area contributed by atoms with Gasteiger partial charge in [0.05, 0.1) is 58.0 Å². The topological polar surface area (TPSA) is 165 Å². The van der Waals surface area contributed by atoms with E-state index >= 15 is 18.4 Å². The lowest BCUT2D eigenvalue weighted by atomic mass is 9.61. The van der Waals surface area contributed by atoms with Crippen molar-refractivity contribution in [1.29, 1.82) is 0 Å². The van der Waals surface area contributed by atoms with E-state index in [2.05, 4.69) is 54.2 Å². The van der Waals surface area contributed by atoms with Crippen LogP contribution in [-0.4, -0.2) is 85.2 Å². The van der Waals surface area contributed by atoms with E-state index in [9.17, 15) is 4.79 Å². The Morgan fingerprint density at radius 1 is 0.931 bits per heavy atom. The van der Waals surface area contributed by atoms with E-state index in [0.29, 0.717) is 76.8 Å². The highest BCUT2D eigenvalue weighted by molar-refractivity contribution is 6.00. The molecule has 1 spiro atoms.